The number of halogens is 1. The summed E-state index contributed by atoms with van der Waals surface area (Å²) in [6.07, 6.45) is 4.42. The lowest BCUT2D eigenvalue weighted by Crippen LogP contribution is -2.38. The van der Waals surface area contributed by atoms with Gasteiger partial charge < -0.3 is 14.2 Å². The average Bonchev–Trinajstić information content (AvgIpc) is 3.34. The number of benzene rings is 1. The Morgan fingerprint density at radius 1 is 1.17 bits per heavy atom. The van der Waals surface area contributed by atoms with Gasteiger partial charge in [-0.1, -0.05) is 23.4 Å². The number of nitrogen functional groups attached to an aromatic ring is 1. The van der Waals surface area contributed by atoms with Crippen molar-refractivity contribution in [1.82, 2.24) is 10.1 Å². The number of nitrogens with zero attached hydrogens (tertiary/aromatic N) is 3. The SMILES string of the molecule is COP(=O)(O)OC[n+]1cccc(-c2cc(Cc3ccc(OCCc4ccc(F)cc4)nc3)no2)c1N. The third-order valence-corrected chi connectivity index (χ3v) is 6.17. The summed E-state index contributed by atoms with van der Waals surface area (Å²) in [5.41, 5.74) is 9.30. The molecule has 0 spiro atoms. The van der Waals surface area contributed by atoms with Crippen molar-refractivity contribution in [2.45, 2.75) is 19.6 Å². The Morgan fingerprint density at radius 3 is 2.67 bits per heavy atom. The number of rotatable bonds is 11. The molecule has 1 atom stereocenters. The van der Waals surface area contributed by atoms with E-state index < -0.39 is 7.82 Å². The fraction of sp³-hybridized carbons (Fsp3) is 0.208. The summed E-state index contributed by atoms with van der Waals surface area (Å²) >= 11 is 0. The number of phosphoric acid groups is 1. The van der Waals surface area contributed by atoms with Gasteiger partial charge in [0.15, 0.2) is 5.76 Å². The quantitative estimate of drug-likeness (QED) is 0.227. The highest BCUT2D eigenvalue weighted by atomic mass is 31.2. The molecule has 188 valence electrons. The zero-order valence-corrected chi connectivity index (χ0v) is 20.3. The van der Waals surface area contributed by atoms with Gasteiger partial charge in [0.2, 0.25) is 12.6 Å². The van der Waals surface area contributed by atoms with Crippen LogP contribution in [0.3, 0.4) is 0 Å². The predicted molar refractivity (Wildman–Crippen MR) is 127 cm³/mol. The second-order valence-corrected chi connectivity index (χ2v) is 9.34. The van der Waals surface area contributed by atoms with Crippen LogP contribution in [-0.2, 0) is 33.2 Å². The first-order valence-corrected chi connectivity index (χ1v) is 12.4. The molecule has 0 fully saturated rings. The van der Waals surface area contributed by atoms with Gasteiger partial charge in [0.1, 0.15) is 11.4 Å². The Labute approximate surface area is 206 Å². The molecule has 4 rings (SSSR count). The zero-order chi connectivity index (χ0) is 25.5. The minimum Gasteiger partial charge on any atom is -0.477 e. The van der Waals surface area contributed by atoms with Crippen molar-refractivity contribution in [1.29, 1.82) is 0 Å². The maximum atomic E-state index is 13.0. The average molecular weight is 515 g/mol. The van der Waals surface area contributed by atoms with E-state index >= 15 is 0 Å². The van der Waals surface area contributed by atoms with Crippen molar-refractivity contribution in [2.24, 2.45) is 0 Å². The van der Waals surface area contributed by atoms with Crippen LogP contribution in [0.25, 0.3) is 11.3 Å². The highest BCUT2D eigenvalue weighted by Crippen LogP contribution is 2.41. The molecule has 1 aromatic carbocycles. The van der Waals surface area contributed by atoms with E-state index in [1.165, 1.54) is 16.7 Å². The Morgan fingerprint density at radius 2 is 1.94 bits per heavy atom. The minimum absolute atomic E-state index is 0.264. The molecular formula is C24H25FN4O6P+. The lowest BCUT2D eigenvalue weighted by molar-refractivity contribution is -0.711. The third-order valence-electron chi connectivity index (χ3n) is 5.27. The van der Waals surface area contributed by atoms with Gasteiger partial charge in [0, 0.05) is 38.3 Å². The first-order valence-electron chi connectivity index (χ1n) is 10.9. The molecule has 0 aliphatic heterocycles. The molecule has 36 heavy (non-hydrogen) atoms. The zero-order valence-electron chi connectivity index (χ0n) is 19.4. The first kappa shape index (κ1) is 25.5. The lowest BCUT2D eigenvalue weighted by atomic mass is 10.1. The van der Waals surface area contributed by atoms with Crippen LogP contribution in [0.4, 0.5) is 10.2 Å². The van der Waals surface area contributed by atoms with E-state index in [9.17, 15) is 13.8 Å². The highest BCUT2D eigenvalue weighted by molar-refractivity contribution is 7.47. The van der Waals surface area contributed by atoms with Crippen molar-refractivity contribution in [3.05, 3.63) is 89.6 Å². The van der Waals surface area contributed by atoms with Gasteiger partial charge in [-0.15, -0.1) is 0 Å². The summed E-state index contributed by atoms with van der Waals surface area (Å²) in [6, 6.07) is 15.2. The van der Waals surface area contributed by atoms with E-state index in [4.69, 9.17) is 19.5 Å². The molecule has 10 nitrogen and oxygen atoms in total. The Bertz CT molecular complexity index is 1350. The summed E-state index contributed by atoms with van der Waals surface area (Å²) in [5, 5.41) is 4.11. The molecule has 0 aliphatic carbocycles. The van der Waals surface area contributed by atoms with Gasteiger partial charge in [0.05, 0.1) is 18.5 Å². The first-order chi connectivity index (χ1) is 17.3. The fourth-order valence-corrected chi connectivity index (χ4v) is 3.70. The third kappa shape index (κ3) is 6.73. The molecule has 3 aromatic heterocycles. The van der Waals surface area contributed by atoms with Crippen molar-refractivity contribution in [3.8, 4) is 17.2 Å². The summed E-state index contributed by atoms with van der Waals surface area (Å²) in [5.74, 6) is 0.927. The summed E-state index contributed by atoms with van der Waals surface area (Å²) in [7, 11) is -3.07. The van der Waals surface area contributed by atoms with Crippen molar-refractivity contribution in [2.75, 3.05) is 19.5 Å². The van der Waals surface area contributed by atoms with Gasteiger partial charge in [-0.2, -0.15) is 0 Å². The van der Waals surface area contributed by atoms with E-state index in [2.05, 4.69) is 14.7 Å². The molecule has 0 saturated heterocycles. The fourth-order valence-electron chi connectivity index (χ4n) is 3.33. The molecule has 0 amide bonds. The van der Waals surface area contributed by atoms with E-state index in [1.807, 2.05) is 6.07 Å². The Hall–Kier alpha value is -3.63. The van der Waals surface area contributed by atoms with Crippen molar-refractivity contribution >= 4 is 13.6 Å². The van der Waals surface area contributed by atoms with Crippen LogP contribution in [-0.4, -0.2) is 28.8 Å². The lowest BCUT2D eigenvalue weighted by Gasteiger charge is -2.09. The molecule has 0 saturated carbocycles. The van der Waals surface area contributed by atoms with E-state index in [0.29, 0.717) is 42.3 Å². The van der Waals surface area contributed by atoms with Crippen molar-refractivity contribution in [3.63, 3.8) is 0 Å². The van der Waals surface area contributed by atoms with Gasteiger partial charge in [-0.3, -0.25) is 10.3 Å². The maximum absolute atomic E-state index is 13.0. The molecular weight excluding hydrogens is 490 g/mol. The van der Waals surface area contributed by atoms with Crippen LogP contribution in [0.15, 0.2) is 71.5 Å². The number of pyridine rings is 2. The number of nitrogens with two attached hydrogens (primary N) is 1. The number of phosphoric ester groups is 1. The number of aromatic nitrogens is 3. The topological polar surface area (TPSA) is 134 Å². The Kier molecular flexibility index (Phi) is 8.07. The molecule has 12 heteroatoms. The largest absolute Gasteiger partial charge is 0.477 e. The van der Waals surface area contributed by atoms with Crippen LogP contribution in [0.5, 0.6) is 5.88 Å². The van der Waals surface area contributed by atoms with E-state index in [0.717, 1.165) is 18.2 Å². The highest BCUT2D eigenvalue weighted by Gasteiger charge is 2.22. The minimum atomic E-state index is -4.15. The summed E-state index contributed by atoms with van der Waals surface area (Å²) in [6.45, 7) is 0.141. The molecule has 4 aromatic rings. The normalized spacial score (nSPS) is 12.9. The molecule has 3 heterocycles. The van der Waals surface area contributed by atoms with Gasteiger partial charge in [-0.05, 0) is 35.4 Å². The standard InChI is InChI=1S/C24H24FN4O6P/c1-32-36(30,31)34-16-29-11-2-3-21(24(29)26)22-14-20(28-35-22)13-18-6-9-23(27-15-18)33-12-10-17-4-7-19(25)8-5-17/h2-9,11,14-15,26H,10,12-13,16H2,1H3,(H,30,31)/p+1. The van der Waals surface area contributed by atoms with Gasteiger partial charge >= 0.3 is 7.82 Å². The van der Waals surface area contributed by atoms with Gasteiger partial charge in [-0.25, -0.2) is 23.0 Å². The molecule has 1 unspecified atom stereocenters. The van der Waals surface area contributed by atoms with Crippen molar-refractivity contribution < 1.29 is 36.7 Å². The summed E-state index contributed by atoms with van der Waals surface area (Å²) < 4.78 is 46.4. The second kappa shape index (κ2) is 11.4. The molecule has 0 radical (unpaired) electrons. The molecule has 3 N–H and O–H groups in total. The number of hydrogen-bond donors (Lipinski definition) is 2. The number of anilines is 1. The molecule has 0 aliphatic rings. The van der Waals surface area contributed by atoms with Crippen LogP contribution in [0.1, 0.15) is 16.8 Å². The number of hydrogen-bond acceptors (Lipinski definition) is 8. The van der Waals surface area contributed by atoms with E-state index in [-0.39, 0.29) is 18.4 Å². The van der Waals surface area contributed by atoms with Crippen LogP contribution < -0.4 is 15.0 Å². The number of ether oxygens (including phenoxy) is 1. The van der Waals surface area contributed by atoms with Crippen LogP contribution in [0.2, 0.25) is 0 Å². The van der Waals surface area contributed by atoms with E-state index in [1.54, 1.807) is 48.8 Å². The Balaban J connectivity index is 1.35. The predicted octanol–water partition coefficient (Wildman–Crippen LogP) is 3.68. The summed E-state index contributed by atoms with van der Waals surface area (Å²) in [4.78, 5) is 13.8. The van der Waals surface area contributed by atoms with Gasteiger partial charge in [0.25, 0.3) is 5.82 Å². The molecule has 0 bridgehead atoms. The monoisotopic (exact) mass is 515 g/mol. The maximum Gasteiger partial charge on any atom is 0.475 e. The smallest absolute Gasteiger partial charge is 0.475 e. The second-order valence-electron chi connectivity index (χ2n) is 7.78. The van der Waals surface area contributed by atoms with Crippen LogP contribution >= 0.6 is 7.82 Å². The van der Waals surface area contributed by atoms with Crippen LogP contribution in [0, 0.1) is 5.82 Å².